The van der Waals surface area contributed by atoms with E-state index in [-0.39, 0.29) is 38.6 Å². The highest BCUT2D eigenvalue weighted by Gasteiger charge is 2.19. The van der Waals surface area contributed by atoms with Gasteiger partial charge in [0.2, 0.25) is 0 Å². The van der Waals surface area contributed by atoms with Gasteiger partial charge < -0.3 is 15.2 Å². The highest BCUT2D eigenvalue weighted by molar-refractivity contribution is 6.33. The van der Waals surface area contributed by atoms with Crippen molar-refractivity contribution in [1.82, 2.24) is 9.55 Å². The maximum absolute atomic E-state index is 14.6. The first-order chi connectivity index (χ1) is 15.7. The minimum atomic E-state index is -0.731. The van der Waals surface area contributed by atoms with Crippen LogP contribution in [-0.2, 0) is 0 Å². The number of anilines is 2. The second-order valence-corrected chi connectivity index (χ2v) is 8.44. The van der Waals surface area contributed by atoms with Gasteiger partial charge in [-0.3, -0.25) is 4.79 Å². The largest absolute Gasteiger partial charge is 0.323 e. The molecule has 0 saturated heterocycles. The number of fused-ring (bicyclic) bond motifs is 1. The van der Waals surface area contributed by atoms with Gasteiger partial charge in [-0.05, 0) is 50.2 Å². The number of nitrogens with zero attached hydrogens (tertiary/aromatic N) is 2. The second kappa shape index (κ2) is 9.21. The summed E-state index contributed by atoms with van der Waals surface area (Å²) in [4.78, 5) is 29.9. The summed E-state index contributed by atoms with van der Waals surface area (Å²) in [6.07, 6.45) is 1.56. The van der Waals surface area contributed by atoms with Crippen LogP contribution < -0.4 is 16.2 Å². The molecule has 2 N–H and O–H groups in total. The monoisotopic (exact) mass is 484 g/mol. The normalized spacial score (nSPS) is 11.1. The highest BCUT2D eigenvalue weighted by Crippen LogP contribution is 2.33. The average Bonchev–Trinajstić information content (AvgIpc) is 2.76. The fourth-order valence-electron chi connectivity index (χ4n) is 3.57. The van der Waals surface area contributed by atoms with Gasteiger partial charge in [0.15, 0.2) is 0 Å². The standard InChI is InChI=1S/C24H19Cl2FN4O2/c1-13(2)31-21-11-22(26)28-12-14(21)8-17(23(31)32)16-9-20(19(27)10-18(16)25)30-24(33)29-15-6-4-3-5-7-15/h3-13H,1-2H3,(H2,29,30,33). The Morgan fingerprint density at radius 1 is 1.03 bits per heavy atom. The third-order valence-electron chi connectivity index (χ3n) is 5.03. The van der Waals surface area contributed by atoms with E-state index in [1.165, 1.54) is 6.07 Å². The molecule has 0 fully saturated rings. The molecule has 6 nitrogen and oxygen atoms in total. The number of para-hydroxylation sites is 1. The summed E-state index contributed by atoms with van der Waals surface area (Å²) in [5.74, 6) is -0.731. The second-order valence-electron chi connectivity index (χ2n) is 7.65. The highest BCUT2D eigenvalue weighted by atomic mass is 35.5. The smallest absolute Gasteiger partial charge is 0.308 e. The summed E-state index contributed by atoms with van der Waals surface area (Å²) in [5.41, 5.74) is 1.25. The number of aromatic nitrogens is 2. The number of urea groups is 1. The third-order valence-corrected chi connectivity index (χ3v) is 5.55. The first-order valence-corrected chi connectivity index (χ1v) is 10.8. The molecule has 2 aromatic carbocycles. The number of nitrogens with one attached hydrogen (secondary N) is 2. The fourth-order valence-corrected chi connectivity index (χ4v) is 3.97. The van der Waals surface area contributed by atoms with Crippen LogP contribution in [0, 0.1) is 5.82 Å². The molecule has 0 atom stereocenters. The Bertz CT molecular complexity index is 1420. The van der Waals surface area contributed by atoms with E-state index in [0.29, 0.717) is 16.6 Å². The van der Waals surface area contributed by atoms with Crippen LogP contribution in [0.4, 0.5) is 20.6 Å². The van der Waals surface area contributed by atoms with Gasteiger partial charge in [-0.2, -0.15) is 0 Å². The molecule has 0 spiro atoms. The van der Waals surface area contributed by atoms with Gasteiger partial charge in [0.05, 0.1) is 16.2 Å². The fraction of sp³-hybridized carbons (Fsp3) is 0.125. The number of amides is 2. The number of hydrogen-bond donors (Lipinski definition) is 2. The first-order valence-electron chi connectivity index (χ1n) is 10.1. The Balaban J connectivity index is 1.80. The van der Waals surface area contributed by atoms with Gasteiger partial charge in [-0.15, -0.1) is 0 Å². The number of halogens is 3. The minimum absolute atomic E-state index is 0.0372. The zero-order valence-corrected chi connectivity index (χ0v) is 19.2. The van der Waals surface area contributed by atoms with Crippen molar-refractivity contribution in [2.75, 3.05) is 10.6 Å². The van der Waals surface area contributed by atoms with E-state index in [9.17, 15) is 14.0 Å². The summed E-state index contributed by atoms with van der Waals surface area (Å²) in [5, 5.41) is 6.06. The Hall–Kier alpha value is -3.42. The van der Waals surface area contributed by atoms with Crippen molar-refractivity contribution >= 4 is 51.5 Å². The van der Waals surface area contributed by atoms with E-state index in [4.69, 9.17) is 23.2 Å². The van der Waals surface area contributed by atoms with Gasteiger partial charge >= 0.3 is 6.03 Å². The van der Waals surface area contributed by atoms with Crippen LogP contribution in [0.25, 0.3) is 22.0 Å². The van der Waals surface area contributed by atoms with Crippen molar-refractivity contribution in [3.8, 4) is 11.1 Å². The molecule has 9 heteroatoms. The number of pyridine rings is 2. The SMILES string of the molecule is CC(C)n1c(=O)c(-c2cc(NC(=O)Nc3ccccc3)c(F)cc2Cl)cc2cnc(Cl)cc21. The number of rotatable bonds is 4. The molecule has 0 unspecified atom stereocenters. The number of carbonyl (C=O) groups excluding carboxylic acids is 1. The molecule has 0 saturated carbocycles. The zero-order valence-electron chi connectivity index (χ0n) is 17.7. The Labute approximate surface area is 199 Å². The lowest BCUT2D eigenvalue weighted by molar-refractivity contribution is 0.262. The van der Waals surface area contributed by atoms with E-state index in [1.54, 1.807) is 47.2 Å². The Morgan fingerprint density at radius 3 is 2.45 bits per heavy atom. The van der Waals surface area contributed by atoms with Crippen LogP contribution >= 0.6 is 23.2 Å². The van der Waals surface area contributed by atoms with Crippen LogP contribution in [0.15, 0.2) is 65.6 Å². The molecule has 33 heavy (non-hydrogen) atoms. The van der Waals surface area contributed by atoms with Crippen molar-refractivity contribution in [3.63, 3.8) is 0 Å². The van der Waals surface area contributed by atoms with Crippen molar-refractivity contribution in [2.45, 2.75) is 19.9 Å². The maximum Gasteiger partial charge on any atom is 0.323 e. The molecule has 168 valence electrons. The molecule has 2 heterocycles. The molecule has 2 aromatic heterocycles. The maximum atomic E-state index is 14.6. The Morgan fingerprint density at radius 2 is 1.76 bits per heavy atom. The molecule has 2 amide bonds. The third kappa shape index (κ3) is 4.69. The summed E-state index contributed by atoms with van der Waals surface area (Å²) >= 11 is 12.4. The number of carbonyl (C=O) groups is 1. The zero-order chi connectivity index (χ0) is 23.7. The lowest BCUT2D eigenvalue weighted by Crippen LogP contribution is -2.24. The van der Waals surface area contributed by atoms with Gasteiger partial charge in [-0.1, -0.05) is 41.4 Å². The van der Waals surface area contributed by atoms with Gasteiger partial charge in [0, 0.05) is 34.4 Å². The molecule has 4 rings (SSSR count). The number of benzene rings is 2. The van der Waals surface area contributed by atoms with Gasteiger partial charge in [0.1, 0.15) is 11.0 Å². The molecule has 0 bridgehead atoms. The van der Waals surface area contributed by atoms with E-state index in [0.717, 1.165) is 6.07 Å². The topological polar surface area (TPSA) is 76.0 Å². The summed E-state index contributed by atoms with van der Waals surface area (Å²) < 4.78 is 16.2. The van der Waals surface area contributed by atoms with Crippen LogP contribution in [0.3, 0.4) is 0 Å². The van der Waals surface area contributed by atoms with Crippen LogP contribution in [0.1, 0.15) is 19.9 Å². The molecule has 0 aliphatic rings. The van der Waals surface area contributed by atoms with E-state index in [1.807, 2.05) is 19.9 Å². The molecular weight excluding hydrogens is 466 g/mol. The van der Waals surface area contributed by atoms with Crippen molar-refractivity contribution in [2.24, 2.45) is 0 Å². The predicted molar refractivity (Wildman–Crippen MR) is 131 cm³/mol. The van der Waals surface area contributed by atoms with E-state index >= 15 is 0 Å². The quantitative estimate of drug-likeness (QED) is 0.315. The average molecular weight is 485 g/mol. The minimum Gasteiger partial charge on any atom is -0.308 e. The van der Waals surface area contributed by atoms with Crippen molar-refractivity contribution < 1.29 is 9.18 Å². The Kier molecular flexibility index (Phi) is 6.35. The van der Waals surface area contributed by atoms with E-state index in [2.05, 4.69) is 15.6 Å². The van der Waals surface area contributed by atoms with Crippen LogP contribution in [0.5, 0.6) is 0 Å². The molecule has 0 aliphatic heterocycles. The van der Waals surface area contributed by atoms with Crippen molar-refractivity contribution in [1.29, 1.82) is 0 Å². The van der Waals surface area contributed by atoms with Gasteiger partial charge in [-0.25, -0.2) is 14.2 Å². The van der Waals surface area contributed by atoms with Crippen molar-refractivity contribution in [3.05, 3.63) is 87.1 Å². The molecule has 0 radical (unpaired) electrons. The molecular formula is C24H19Cl2FN4O2. The summed E-state index contributed by atoms with van der Waals surface area (Å²) in [6, 6.07) is 13.6. The lowest BCUT2D eigenvalue weighted by atomic mass is 10.0. The van der Waals surface area contributed by atoms with Crippen LogP contribution in [-0.4, -0.2) is 15.6 Å². The van der Waals surface area contributed by atoms with E-state index < -0.39 is 11.8 Å². The molecule has 4 aromatic rings. The van der Waals surface area contributed by atoms with Gasteiger partial charge in [0.25, 0.3) is 5.56 Å². The van der Waals surface area contributed by atoms with Crippen LogP contribution in [0.2, 0.25) is 10.2 Å². The lowest BCUT2D eigenvalue weighted by Gasteiger charge is -2.17. The predicted octanol–water partition coefficient (Wildman–Crippen LogP) is 6.73. The first kappa shape index (κ1) is 22.8. The number of hydrogen-bond acceptors (Lipinski definition) is 3. The molecule has 0 aliphatic carbocycles. The summed E-state index contributed by atoms with van der Waals surface area (Å²) in [7, 11) is 0. The summed E-state index contributed by atoms with van der Waals surface area (Å²) in [6.45, 7) is 3.73.